The van der Waals surface area contributed by atoms with Gasteiger partial charge in [-0.25, -0.2) is 0 Å². The first-order chi connectivity index (χ1) is 15.3. The van der Waals surface area contributed by atoms with E-state index in [1.807, 2.05) is 24.3 Å². The Balaban J connectivity index is 1.43. The van der Waals surface area contributed by atoms with Crippen molar-refractivity contribution in [3.05, 3.63) is 59.2 Å². The predicted octanol–water partition coefficient (Wildman–Crippen LogP) is 2.80. The Morgan fingerprint density at radius 2 is 1.91 bits per heavy atom. The normalized spacial score (nSPS) is 17.8. The second-order valence-electron chi connectivity index (χ2n) is 7.88. The van der Waals surface area contributed by atoms with Crippen LogP contribution < -0.4 is 10.1 Å². The molecule has 1 atom stereocenters. The van der Waals surface area contributed by atoms with E-state index in [-0.39, 0.29) is 30.0 Å². The lowest BCUT2D eigenvalue weighted by Gasteiger charge is -2.29. The number of nitrogens with zero attached hydrogens (tertiary/aromatic N) is 2. The van der Waals surface area contributed by atoms with Gasteiger partial charge in [0.05, 0.1) is 6.54 Å². The Morgan fingerprint density at radius 1 is 1.16 bits per heavy atom. The van der Waals surface area contributed by atoms with Gasteiger partial charge in [0, 0.05) is 36.5 Å². The van der Waals surface area contributed by atoms with Crippen molar-refractivity contribution in [1.29, 1.82) is 0 Å². The number of imide groups is 1. The maximum absolute atomic E-state index is 12.9. The largest absolute Gasteiger partial charge is 0.489 e. The lowest BCUT2D eigenvalue weighted by atomic mass is 10.0. The van der Waals surface area contributed by atoms with Gasteiger partial charge in [-0.15, -0.1) is 0 Å². The third-order valence-electron chi connectivity index (χ3n) is 5.43. The summed E-state index contributed by atoms with van der Waals surface area (Å²) in [5.74, 6) is -0.385. The van der Waals surface area contributed by atoms with E-state index in [2.05, 4.69) is 5.32 Å². The zero-order valence-electron chi connectivity index (χ0n) is 17.8. The molecule has 0 spiro atoms. The highest BCUT2D eigenvalue weighted by Crippen LogP contribution is 2.34. The summed E-state index contributed by atoms with van der Waals surface area (Å²) in [5, 5.41) is 2.27. The van der Waals surface area contributed by atoms with E-state index in [9.17, 15) is 19.2 Å². The molecule has 4 rings (SSSR count). The van der Waals surface area contributed by atoms with Gasteiger partial charge >= 0.3 is 0 Å². The van der Waals surface area contributed by atoms with E-state index in [0.29, 0.717) is 24.3 Å². The molecule has 4 amide bonds. The third kappa shape index (κ3) is 4.47. The van der Waals surface area contributed by atoms with Crippen LogP contribution in [-0.4, -0.2) is 52.9 Å². The van der Waals surface area contributed by atoms with E-state index < -0.39 is 11.9 Å². The van der Waals surface area contributed by atoms with Crippen LogP contribution in [-0.2, 0) is 22.7 Å². The van der Waals surface area contributed by atoms with Crippen molar-refractivity contribution in [1.82, 2.24) is 15.1 Å². The molecule has 0 aromatic heterocycles. The van der Waals surface area contributed by atoms with Gasteiger partial charge < -0.3 is 14.5 Å². The smallest absolute Gasteiger partial charge is 0.285 e. The second kappa shape index (κ2) is 9.04. The Kier molecular flexibility index (Phi) is 6.18. The van der Waals surface area contributed by atoms with Gasteiger partial charge in [0.15, 0.2) is 0 Å². The van der Waals surface area contributed by atoms with E-state index in [1.165, 1.54) is 9.80 Å². The molecular weight excluding hydrogens is 430 g/mol. The molecule has 2 aromatic rings. The number of nitrogens with one attached hydrogen (secondary N) is 1. The summed E-state index contributed by atoms with van der Waals surface area (Å²) in [5.41, 5.74) is 2.18. The van der Waals surface area contributed by atoms with Gasteiger partial charge in [-0.3, -0.25) is 24.5 Å². The molecule has 32 heavy (non-hydrogen) atoms. The monoisotopic (exact) mass is 453 g/mol. The molecule has 1 fully saturated rings. The fourth-order valence-corrected chi connectivity index (χ4v) is 4.36. The Labute approximate surface area is 189 Å². The number of carbonyl (C=O) groups is 4. The van der Waals surface area contributed by atoms with Crippen molar-refractivity contribution >= 4 is 34.7 Å². The summed E-state index contributed by atoms with van der Waals surface area (Å²) in [6.45, 7) is 0.564. The predicted molar refractivity (Wildman–Crippen MR) is 118 cm³/mol. The Hall–Kier alpha value is -3.33. The summed E-state index contributed by atoms with van der Waals surface area (Å²) >= 11 is 1.15. The van der Waals surface area contributed by atoms with E-state index in [1.54, 1.807) is 32.3 Å². The molecule has 166 valence electrons. The highest BCUT2D eigenvalue weighted by molar-refractivity contribution is 8.13. The van der Waals surface area contributed by atoms with Crippen LogP contribution in [0.1, 0.15) is 34.3 Å². The fourth-order valence-electron chi connectivity index (χ4n) is 3.70. The number of carbonyl (C=O) groups excluding carboxylic acids is 4. The number of ether oxygens (including phenoxy) is 1. The van der Waals surface area contributed by atoms with Crippen LogP contribution in [0.25, 0.3) is 0 Å². The molecular formula is C23H23N3O5S. The summed E-state index contributed by atoms with van der Waals surface area (Å²) in [4.78, 5) is 52.3. The molecule has 0 aliphatic carbocycles. The minimum absolute atomic E-state index is 0.0425. The SMILES string of the molecule is CN(C)C(=O)Sc1ccc(COc2cccc3c2CN(C2CCC(=O)NC2=O)C3=O)cc1. The first-order valence-electron chi connectivity index (χ1n) is 10.2. The lowest BCUT2D eigenvalue weighted by molar-refractivity contribution is -0.136. The summed E-state index contributed by atoms with van der Waals surface area (Å²) < 4.78 is 6.01. The molecule has 9 heteroatoms. The van der Waals surface area contributed by atoms with Crippen LogP contribution in [0.3, 0.4) is 0 Å². The lowest BCUT2D eigenvalue weighted by Crippen LogP contribution is -2.52. The number of benzene rings is 2. The number of amides is 4. The number of rotatable bonds is 5. The molecule has 1 unspecified atom stereocenters. The maximum atomic E-state index is 12.9. The highest BCUT2D eigenvalue weighted by atomic mass is 32.2. The van der Waals surface area contributed by atoms with Crippen molar-refractivity contribution in [3.8, 4) is 5.75 Å². The number of piperidine rings is 1. The van der Waals surface area contributed by atoms with Crippen LogP contribution >= 0.6 is 11.8 Å². The molecule has 1 saturated heterocycles. The number of fused-ring (bicyclic) bond motifs is 1. The van der Waals surface area contributed by atoms with Gasteiger partial charge in [0.25, 0.3) is 11.1 Å². The topological polar surface area (TPSA) is 96.0 Å². The Morgan fingerprint density at radius 3 is 2.59 bits per heavy atom. The first kappa shape index (κ1) is 21.9. The number of thioether (sulfide) groups is 1. The summed E-state index contributed by atoms with van der Waals surface area (Å²) in [6.07, 6.45) is 0.537. The molecule has 2 aliphatic rings. The third-order valence-corrected chi connectivity index (χ3v) is 6.47. The van der Waals surface area contributed by atoms with E-state index >= 15 is 0 Å². The Bertz CT molecular complexity index is 1080. The van der Waals surface area contributed by atoms with Crippen molar-refractivity contribution in [2.45, 2.75) is 36.9 Å². The zero-order valence-corrected chi connectivity index (χ0v) is 18.6. The van der Waals surface area contributed by atoms with Crippen LogP contribution in [0.5, 0.6) is 5.75 Å². The molecule has 0 radical (unpaired) electrons. The first-order valence-corrected chi connectivity index (χ1v) is 11.0. The minimum Gasteiger partial charge on any atom is -0.489 e. The molecule has 0 bridgehead atoms. The average molecular weight is 454 g/mol. The average Bonchev–Trinajstić information content (AvgIpc) is 3.10. The quantitative estimate of drug-likeness (QED) is 0.553. The molecule has 2 aromatic carbocycles. The molecule has 2 aliphatic heterocycles. The van der Waals surface area contributed by atoms with Gasteiger partial charge in [-0.2, -0.15) is 0 Å². The van der Waals surface area contributed by atoms with Crippen LogP contribution in [0.15, 0.2) is 47.4 Å². The van der Waals surface area contributed by atoms with E-state index in [4.69, 9.17) is 4.74 Å². The standard InChI is InChI=1S/C23H23N3O5S/c1-25(2)23(30)32-15-8-6-14(7-9-15)13-31-19-5-3-4-16-17(19)12-26(22(16)29)18-10-11-20(27)24-21(18)28/h3-9,18H,10-13H2,1-2H3,(H,24,27,28). The highest BCUT2D eigenvalue weighted by Gasteiger charge is 2.40. The van der Waals surface area contributed by atoms with Crippen LogP contribution in [0.4, 0.5) is 4.79 Å². The van der Waals surface area contributed by atoms with Gasteiger partial charge in [-0.05, 0) is 48.0 Å². The number of hydrogen-bond donors (Lipinski definition) is 1. The minimum atomic E-state index is -0.657. The maximum Gasteiger partial charge on any atom is 0.285 e. The molecule has 2 heterocycles. The molecule has 0 saturated carbocycles. The van der Waals surface area contributed by atoms with Crippen LogP contribution in [0, 0.1) is 0 Å². The van der Waals surface area contributed by atoms with Gasteiger partial charge in [0.2, 0.25) is 11.8 Å². The number of hydrogen-bond acceptors (Lipinski definition) is 6. The van der Waals surface area contributed by atoms with Crippen molar-refractivity contribution < 1.29 is 23.9 Å². The van der Waals surface area contributed by atoms with Crippen molar-refractivity contribution in [2.75, 3.05) is 14.1 Å². The summed E-state index contributed by atoms with van der Waals surface area (Å²) in [6, 6.07) is 12.2. The van der Waals surface area contributed by atoms with Crippen molar-refractivity contribution in [3.63, 3.8) is 0 Å². The second-order valence-corrected chi connectivity index (χ2v) is 8.90. The molecule has 8 nitrogen and oxygen atoms in total. The van der Waals surface area contributed by atoms with Crippen molar-refractivity contribution in [2.24, 2.45) is 0 Å². The van der Waals surface area contributed by atoms with E-state index in [0.717, 1.165) is 27.8 Å². The zero-order chi connectivity index (χ0) is 22.8. The fraction of sp³-hybridized carbons (Fsp3) is 0.304. The van der Waals surface area contributed by atoms with Gasteiger partial charge in [0.1, 0.15) is 18.4 Å². The summed E-state index contributed by atoms with van der Waals surface area (Å²) in [7, 11) is 3.42. The molecule has 1 N–H and O–H groups in total. The van der Waals surface area contributed by atoms with Crippen LogP contribution in [0.2, 0.25) is 0 Å². The van der Waals surface area contributed by atoms with Gasteiger partial charge in [-0.1, -0.05) is 18.2 Å².